The third-order valence-corrected chi connectivity index (χ3v) is 33.6. The summed E-state index contributed by atoms with van der Waals surface area (Å²) in [7, 11) is -16.7. The number of nitrogens with zero attached hydrogens (tertiary/aromatic N) is 6. The summed E-state index contributed by atoms with van der Waals surface area (Å²) in [6, 6.07) is 0. The van der Waals surface area contributed by atoms with Gasteiger partial charge in [-0.05, 0) is 77.0 Å². The van der Waals surface area contributed by atoms with Gasteiger partial charge in [-0.3, -0.25) is 123 Å². The smallest absolute Gasteiger partial charge is 0.394 e. The van der Waals surface area contributed by atoms with Crippen LogP contribution in [0.15, 0.2) is 94.7 Å². The number of thioether (sulfide) groups is 3. The second-order valence-corrected chi connectivity index (χ2v) is 48.6. The lowest BCUT2D eigenvalue weighted by molar-refractivity contribution is -0.109. The zero-order valence-electron chi connectivity index (χ0n) is 74.6. The van der Waals surface area contributed by atoms with Crippen molar-refractivity contribution in [3.05, 3.63) is 196 Å². The number of nitrogens with one attached hydrogen (secondary N) is 6. The normalized spacial score (nSPS) is 27.2. The van der Waals surface area contributed by atoms with Gasteiger partial charge in [0.1, 0.15) is 92.3 Å². The van der Waals surface area contributed by atoms with Crippen LogP contribution in [0.25, 0.3) is 0 Å². The number of rotatable bonds is 46. The summed E-state index contributed by atoms with van der Waals surface area (Å²) < 4.78 is 170. The van der Waals surface area contributed by atoms with E-state index in [9.17, 15) is 110 Å². The number of aromatic nitrogens is 12. The predicted octanol–water partition coefficient (Wildman–Crippen LogP) is 1.11. The van der Waals surface area contributed by atoms with E-state index < -0.39 is 312 Å². The Labute approximate surface area is 810 Å². The van der Waals surface area contributed by atoms with Gasteiger partial charge in [0.25, 0.3) is 33.4 Å². The van der Waals surface area contributed by atoms with Gasteiger partial charge in [-0.1, -0.05) is 35.3 Å². The van der Waals surface area contributed by atoms with Gasteiger partial charge in [-0.25, -0.2) is 42.5 Å². The summed E-state index contributed by atoms with van der Waals surface area (Å²) >= 11 is 20.4. The third kappa shape index (κ3) is 30.0. The number of H-pyrrole nitrogens is 6. The van der Waals surface area contributed by atoms with Crippen LogP contribution < -0.4 is 67.5 Å². The third-order valence-electron chi connectivity index (χ3n) is 21.5. The Morgan fingerprint density at radius 2 is 0.525 bits per heavy atom. The molecular weight excluding hydrogens is 2100 g/mol. The molecule has 770 valence electrons. The van der Waals surface area contributed by atoms with Crippen LogP contribution in [0.4, 0.5) is 0 Å². The van der Waals surface area contributed by atoms with E-state index in [2.05, 4.69) is 29.9 Å². The number of aliphatic hydroxyl groups is 1. The van der Waals surface area contributed by atoms with Crippen LogP contribution in [-0.4, -0.2) is 247 Å². The van der Waals surface area contributed by atoms with Crippen LogP contribution in [0.3, 0.4) is 0 Å². The Morgan fingerprint density at radius 1 is 0.331 bits per heavy atom. The first-order chi connectivity index (χ1) is 65.2. The maximum absolute atomic E-state index is 14.9. The van der Waals surface area contributed by atoms with Crippen molar-refractivity contribution >= 4 is 130 Å². The van der Waals surface area contributed by atoms with E-state index >= 15 is 0 Å². The van der Waals surface area contributed by atoms with Crippen molar-refractivity contribution < 1.29 is 145 Å². The summed E-state index contributed by atoms with van der Waals surface area (Å²) in [5.74, 6) is -0.256. The minimum atomic E-state index is -5.69. The van der Waals surface area contributed by atoms with Crippen LogP contribution in [0.5, 0.6) is 0 Å². The van der Waals surface area contributed by atoms with Crippen LogP contribution >= 0.6 is 78.9 Å². The zero-order chi connectivity index (χ0) is 101. The van der Waals surface area contributed by atoms with E-state index in [-0.39, 0.29) is 73.9 Å². The van der Waals surface area contributed by atoms with E-state index in [4.69, 9.17) is 127 Å². The van der Waals surface area contributed by atoms with Crippen molar-refractivity contribution in [2.24, 2.45) is 0 Å². The highest BCUT2D eigenvalue weighted by Crippen LogP contribution is 2.60. The molecule has 6 aromatic heterocycles. The topological polar surface area (TPSA) is 717 Å². The molecule has 6 fully saturated rings. The molecule has 12 rings (SSSR count). The molecule has 5 unspecified atom stereocenters. The molecule has 0 aromatic carbocycles. The molecule has 0 spiro atoms. The van der Waals surface area contributed by atoms with Gasteiger partial charge in [-0.2, -0.15) is 0 Å². The fourth-order valence-electron chi connectivity index (χ4n) is 14.8. The number of hydrogen-bond acceptors (Lipinski definition) is 45. The molecule has 0 amide bonds. The van der Waals surface area contributed by atoms with Crippen molar-refractivity contribution in [1.29, 1.82) is 0 Å². The number of carbonyl (C=O) groups is 3. The van der Waals surface area contributed by atoms with Crippen molar-refractivity contribution in [2.45, 2.75) is 211 Å². The molecule has 139 heavy (non-hydrogen) atoms. The highest BCUT2D eigenvalue weighted by Gasteiger charge is 2.52. The van der Waals surface area contributed by atoms with Crippen LogP contribution in [0.2, 0.25) is 0 Å². The van der Waals surface area contributed by atoms with Gasteiger partial charge in [-0.15, -0.1) is 0 Å². The Balaban J connectivity index is 0.810. The average molecular weight is 2200 g/mol. The minimum absolute atomic E-state index is 0.00442. The maximum Gasteiger partial charge on any atom is 0.472 e. The molecule has 11 N–H and O–H groups in total. The number of aromatic amines is 6. The van der Waals surface area contributed by atoms with Crippen LogP contribution in [0.1, 0.15) is 130 Å². The summed E-state index contributed by atoms with van der Waals surface area (Å²) in [5, 5.41) is 9.47. The molecule has 23 atom stereocenters. The van der Waals surface area contributed by atoms with E-state index in [1.165, 1.54) is 68.5 Å². The van der Waals surface area contributed by atoms with Crippen LogP contribution in [0, 0.1) is 41.5 Å². The molecule has 55 nitrogen and oxygen atoms in total. The number of aryl methyl sites for hydroxylation is 6. The van der Waals surface area contributed by atoms with Gasteiger partial charge >= 0.3 is 77.8 Å². The first kappa shape index (κ1) is 112. The quantitative estimate of drug-likeness (QED) is 0.0188. The van der Waals surface area contributed by atoms with Gasteiger partial charge in [0.05, 0.1) is 77.8 Å². The number of carbonyl (C=O) groups excluding carboxylic acids is 3. The lowest BCUT2D eigenvalue weighted by atomic mass is 10.2. The van der Waals surface area contributed by atoms with Gasteiger partial charge in [0.2, 0.25) is 0 Å². The highest BCUT2D eigenvalue weighted by molar-refractivity contribution is 8.14. The molecule has 0 bridgehead atoms. The van der Waals surface area contributed by atoms with E-state index in [0.29, 0.717) is 0 Å². The van der Waals surface area contributed by atoms with Crippen molar-refractivity contribution in [3.63, 3.8) is 0 Å². The summed E-state index contributed by atoms with van der Waals surface area (Å²) in [5.41, 5.74) is -10.6. The second-order valence-electron chi connectivity index (χ2n) is 31.9. The van der Waals surface area contributed by atoms with E-state index in [1.807, 2.05) is 0 Å². The molecule has 0 radical (unpaired) electrons. The van der Waals surface area contributed by atoms with Crippen molar-refractivity contribution in [1.82, 2.24) is 57.3 Å². The van der Waals surface area contributed by atoms with E-state index in [0.717, 1.165) is 93.7 Å². The number of hydrogen-bond donors (Lipinski definition) is 11. The fraction of sp³-hybridized carbons (Fsp3) is 0.625. The Morgan fingerprint density at radius 3 is 0.734 bits per heavy atom. The predicted molar refractivity (Wildman–Crippen MR) is 495 cm³/mol. The summed E-state index contributed by atoms with van der Waals surface area (Å²) in [6.45, 7) is -7.99. The SMILES string of the molecule is CC(=O)SCCOP(=S)(OC[C@H]1O[C@@H](n2cc(C)c(=O)[nH]c2=O)C[C@@H]1OP(=O)(O)OC[C@H]1O[C@@H](n2cc(C)c(=O)[nH]c2=O)C[C@@H]1OP(=S)(OCCSC(C)=O)OC[C@H]1O[C@@H](n2cc(C)c(=O)[nH]c2=O)C[C@@H]1OP(=O)(O)OC[C@H]1O[C@@H](n2cc(C)c(=O)[nH]c2=O)C[C@@H]1OP(=S)(OCCSC(C)=O)OC[C@H]1O[C@@H](n2cc(C)c(=O)[nH]c2=O)C[C@@H]1OP(=O)(O)O)O[C@H]1C[C@H](n2cc(C)c(=O)[nH]c2=O)O[C@@H]1CO. The number of phosphoric ester groups is 3. The second kappa shape index (κ2) is 47.5. The fourth-order valence-corrected chi connectivity index (χ4v) is 25.4. The van der Waals surface area contributed by atoms with E-state index in [1.54, 1.807) is 0 Å². The molecule has 67 heteroatoms. The molecule has 12 heterocycles. The first-order valence-corrected chi connectivity index (χ1v) is 57.0. The number of ether oxygens (including phenoxy) is 6. The molecule has 6 aliphatic rings. The molecule has 6 aromatic rings. The van der Waals surface area contributed by atoms with Gasteiger partial charge in [0.15, 0.2) is 15.3 Å². The first-order valence-electron chi connectivity index (χ1n) is 41.9. The molecule has 0 aliphatic carbocycles. The van der Waals surface area contributed by atoms with Crippen molar-refractivity contribution in [2.75, 3.05) is 76.7 Å². The monoisotopic (exact) mass is 2200 g/mol. The van der Waals surface area contributed by atoms with Crippen molar-refractivity contribution in [3.8, 4) is 0 Å². The summed E-state index contributed by atoms with van der Waals surface area (Å²) in [6.07, 6.45) is -23.4. The lowest BCUT2D eigenvalue weighted by Gasteiger charge is -2.30. The average Bonchev–Trinajstić information content (AvgIpc) is 1.66. The Bertz CT molecular complexity index is 6640. The molecule has 0 saturated carbocycles. The lowest BCUT2D eigenvalue weighted by Crippen LogP contribution is -2.34. The molecule has 6 aliphatic heterocycles. The molecular formula is C72H98N12O43P6S6. The summed E-state index contributed by atoms with van der Waals surface area (Å²) in [4.78, 5) is 250. The molecule has 6 saturated heterocycles. The maximum atomic E-state index is 14.9. The number of phosphoric acid groups is 3. The standard InChI is InChI=1S/C72H98N12O43P6S6/c1-34-22-79(67(95)73-61(34)89)55-16-43(49(28-85)116-55)125-131(134,108-10-13-137-40(7)86)114-32-53-45(18-57(120-53)81-24-36(3)63(91)75-69(81)97)123-129(104,105)112-30-51-48(21-60(118-51)84-27-39(6)66(94)78-72(84)100)127-133(136,110-12-15-139-42(9)88)115-33-54-46(19-58(121-54)82-25-37(4)64(92)76-70(82)98)124-130(106,107)111-29-50-47(20-59(117-50)83-26-38(5)65(93)77-71(83)99)126-132(135,109-11-14-138-41(8)87)113-31-52-44(122-128(101,102)103)17-56(119-52)80-23-35(2)62(90)74-68(80)96/h22-27,43-60,85H,10-21,28-33H2,1-9H3,(H,104,105)(H,106,107)(H,73,89,95)(H,74,90,96)(H,75,91,97)(H,76,92,98)(H,77,93,99)(H,78,94,100)(H2,101,102,103)/t43-,44-,45-,46-,47-,48-,49+,50+,51+,52+,53+,54+,55+,56+,57+,58+,59+,60+,131?,132?,133?/m0/s1. The van der Waals surface area contributed by atoms with Gasteiger partial charge < -0.3 is 93.8 Å². The number of aliphatic hydroxyl groups excluding tert-OH is 1. The largest absolute Gasteiger partial charge is 0.472 e. The Kier molecular flexibility index (Phi) is 38.1. The minimum Gasteiger partial charge on any atom is -0.394 e. The highest BCUT2D eigenvalue weighted by atomic mass is 32.5. The van der Waals surface area contributed by atoms with Crippen LogP contribution in [-0.2, 0) is 155 Å². The zero-order valence-corrected chi connectivity index (χ0v) is 84.9. The van der Waals surface area contributed by atoms with Gasteiger partial charge in [0, 0.05) is 147 Å². The Hall–Kier alpha value is -6.22.